The second-order valence-electron chi connectivity index (χ2n) is 6.33. The number of ether oxygens (including phenoxy) is 1. The van der Waals surface area contributed by atoms with Crippen molar-refractivity contribution in [2.45, 2.75) is 25.9 Å². The van der Waals surface area contributed by atoms with E-state index in [1.165, 1.54) is 12.1 Å². The Hall–Kier alpha value is -2.80. The highest BCUT2D eigenvalue weighted by molar-refractivity contribution is 6.01. The lowest BCUT2D eigenvalue weighted by atomic mass is 10.1. The third-order valence-corrected chi connectivity index (χ3v) is 4.34. The number of carbonyl (C=O) groups is 1. The van der Waals surface area contributed by atoms with E-state index in [2.05, 4.69) is 20.6 Å². The number of aromatic nitrogens is 1. The van der Waals surface area contributed by atoms with Gasteiger partial charge in [-0.15, -0.1) is 0 Å². The lowest BCUT2D eigenvalue weighted by molar-refractivity contribution is -0.121. The first-order valence-electron chi connectivity index (χ1n) is 8.91. The molecule has 6 nitrogen and oxygen atoms in total. The molecule has 0 spiro atoms. The number of halogens is 1. The summed E-state index contributed by atoms with van der Waals surface area (Å²) < 4.78 is 18.3. The van der Waals surface area contributed by atoms with Gasteiger partial charge in [0.15, 0.2) is 0 Å². The van der Waals surface area contributed by atoms with Gasteiger partial charge in [0.2, 0.25) is 5.91 Å². The minimum absolute atomic E-state index is 0.158. The van der Waals surface area contributed by atoms with Crippen LogP contribution in [0.25, 0.3) is 0 Å². The standard InChI is InChI=1S/C20H23FN4O2/c1-3-22-20-17-11-23-16(8-14(17)10-24-20)9-19(26)25-18(12-27-2)13-4-6-15(21)7-5-13/h4-8,11,18H,3,9-10,12H2,1-2H3,(H,22,24)(H,25,26)/t18-/m1/s1. The van der Waals surface area contributed by atoms with Crippen molar-refractivity contribution in [1.82, 2.24) is 15.6 Å². The Morgan fingerprint density at radius 1 is 1.33 bits per heavy atom. The number of hydrogen-bond acceptors (Lipinski definition) is 5. The van der Waals surface area contributed by atoms with Crippen molar-refractivity contribution in [2.24, 2.45) is 4.99 Å². The molecule has 2 heterocycles. The molecule has 142 valence electrons. The Bertz CT molecular complexity index is 836. The largest absolute Gasteiger partial charge is 0.382 e. The molecule has 0 unspecified atom stereocenters. The van der Waals surface area contributed by atoms with Gasteiger partial charge in [0.1, 0.15) is 11.7 Å². The van der Waals surface area contributed by atoms with Crippen molar-refractivity contribution >= 4 is 11.7 Å². The molecule has 1 atom stereocenters. The van der Waals surface area contributed by atoms with Crippen LogP contribution >= 0.6 is 0 Å². The molecule has 1 aromatic carbocycles. The summed E-state index contributed by atoms with van der Waals surface area (Å²) >= 11 is 0. The van der Waals surface area contributed by atoms with Crippen LogP contribution in [0.15, 0.2) is 41.5 Å². The van der Waals surface area contributed by atoms with E-state index in [4.69, 9.17) is 4.74 Å². The smallest absolute Gasteiger partial charge is 0.226 e. The highest BCUT2D eigenvalue weighted by atomic mass is 19.1. The van der Waals surface area contributed by atoms with Crippen molar-refractivity contribution in [2.75, 3.05) is 20.3 Å². The first kappa shape index (κ1) is 19.0. The first-order chi connectivity index (χ1) is 13.1. The zero-order chi connectivity index (χ0) is 19.2. The number of nitrogens with zero attached hydrogens (tertiary/aromatic N) is 2. The molecule has 3 rings (SSSR count). The van der Waals surface area contributed by atoms with Crippen molar-refractivity contribution in [3.05, 3.63) is 64.7 Å². The van der Waals surface area contributed by atoms with Gasteiger partial charge in [-0.05, 0) is 36.2 Å². The Balaban J connectivity index is 1.65. The zero-order valence-corrected chi connectivity index (χ0v) is 15.5. The summed E-state index contributed by atoms with van der Waals surface area (Å²) in [5, 5.41) is 6.14. The fraction of sp³-hybridized carbons (Fsp3) is 0.350. The average molecular weight is 370 g/mol. The molecule has 1 aliphatic heterocycles. The zero-order valence-electron chi connectivity index (χ0n) is 15.5. The maximum absolute atomic E-state index is 13.1. The molecule has 1 aromatic heterocycles. The van der Waals surface area contributed by atoms with Gasteiger partial charge < -0.3 is 15.4 Å². The van der Waals surface area contributed by atoms with E-state index in [9.17, 15) is 9.18 Å². The van der Waals surface area contributed by atoms with Crippen molar-refractivity contribution in [1.29, 1.82) is 0 Å². The summed E-state index contributed by atoms with van der Waals surface area (Å²) in [7, 11) is 1.56. The van der Waals surface area contributed by atoms with Crippen molar-refractivity contribution < 1.29 is 13.9 Å². The van der Waals surface area contributed by atoms with E-state index >= 15 is 0 Å². The number of benzene rings is 1. The van der Waals surface area contributed by atoms with Gasteiger partial charge in [-0.2, -0.15) is 0 Å². The number of pyridine rings is 1. The highest BCUT2D eigenvalue weighted by Gasteiger charge is 2.19. The van der Waals surface area contributed by atoms with E-state index in [1.54, 1.807) is 25.4 Å². The van der Waals surface area contributed by atoms with Crippen LogP contribution in [0.4, 0.5) is 4.39 Å². The Morgan fingerprint density at radius 2 is 2.11 bits per heavy atom. The Morgan fingerprint density at radius 3 is 2.81 bits per heavy atom. The minimum atomic E-state index is -0.346. The topological polar surface area (TPSA) is 75.6 Å². The van der Waals surface area contributed by atoms with Crippen LogP contribution in [-0.4, -0.2) is 37.0 Å². The quantitative estimate of drug-likeness (QED) is 0.783. The number of aliphatic imine (C=N–C) groups is 1. The number of nitrogens with one attached hydrogen (secondary N) is 2. The number of amides is 1. The predicted octanol–water partition coefficient (Wildman–Crippen LogP) is 2.14. The fourth-order valence-electron chi connectivity index (χ4n) is 3.05. The molecule has 27 heavy (non-hydrogen) atoms. The lowest BCUT2D eigenvalue weighted by Gasteiger charge is -2.18. The Labute approximate surface area is 157 Å². The van der Waals surface area contributed by atoms with Crippen molar-refractivity contribution in [3.63, 3.8) is 0 Å². The second-order valence-corrected chi connectivity index (χ2v) is 6.33. The summed E-state index contributed by atoms with van der Waals surface area (Å²) in [4.78, 5) is 21.3. The fourth-order valence-corrected chi connectivity index (χ4v) is 3.05. The number of methoxy groups -OCH3 is 1. The third-order valence-electron chi connectivity index (χ3n) is 4.34. The highest BCUT2D eigenvalue weighted by Crippen LogP contribution is 2.19. The molecule has 0 aliphatic carbocycles. The number of rotatable bonds is 7. The van der Waals surface area contributed by atoms with Gasteiger partial charge in [0.05, 0.1) is 31.3 Å². The summed E-state index contributed by atoms with van der Waals surface area (Å²) in [6, 6.07) is 7.61. The summed E-state index contributed by atoms with van der Waals surface area (Å²) in [5.74, 6) is 0.370. The minimum Gasteiger partial charge on any atom is -0.382 e. The summed E-state index contributed by atoms with van der Waals surface area (Å²) in [6.07, 6.45) is 1.92. The van der Waals surface area contributed by atoms with Crippen LogP contribution in [0.2, 0.25) is 0 Å². The van der Waals surface area contributed by atoms with Crippen LogP contribution in [0.5, 0.6) is 0 Å². The molecular weight excluding hydrogens is 347 g/mol. The predicted molar refractivity (Wildman–Crippen MR) is 101 cm³/mol. The monoisotopic (exact) mass is 370 g/mol. The number of amidine groups is 1. The molecule has 0 bridgehead atoms. The van der Waals surface area contributed by atoms with E-state index in [1.807, 2.05) is 13.0 Å². The number of hydrogen-bond donors (Lipinski definition) is 2. The molecular formula is C20H23FN4O2. The maximum Gasteiger partial charge on any atom is 0.226 e. The Kier molecular flexibility index (Phi) is 6.13. The molecule has 1 aliphatic rings. The van der Waals surface area contributed by atoms with Gasteiger partial charge in [-0.1, -0.05) is 12.1 Å². The third kappa shape index (κ3) is 4.68. The van der Waals surface area contributed by atoms with Crippen LogP contribution in [0.3, 0.4) is 0 Å². The molecule has 2 N–H and O–H groups in total. The molecule has 2 aromatic rings. The van der Waals surface area contributed by atoms with E-state index < -0.39 is 0 Å². The maximum atomic E-state index is 13.1. The molecule has 7 heteroatoms. The van der Waals surface area contributed by atoms with Crippen molar-refractivity contribution in [3.8, 4) is 0 Å². The van der Waals surface area contributed by atoms with Gasteiger partial charge in [0.25, 0.3) is 0 Å². The lowest BCUT2D eigenvalue weighted by Crippen LogP contribution is -2.32. The van der Waals surface area contributed by atoms with E-state index in [0.717, 1.165) is 29.1 Å². The molecule has 1 amide bonds. The number of fused-ring (bicyclic) bond motifs is 1. The number of carbonyl (C=O) groups excluding carboxylic acids is 1. The SMILES string of the molecule is CCNC1=NCc2cc(CC(=O)N[C@H](COC)c3ccc(F)cc3)ncc21. The summed E-state index contributed by atoms with van der Waals surface area (Å²) in [6.45, 7) is 3.71. The second kappa shape index (κ2) is 8.73. The summed E-state index contributed by atoms with van der Waals surface area (Å²) in [5.41, 5.74) is 3.53. The van der Waals surface area contributed by atoms with Crippen LogP contribution < -0.4 is 10.6 Å². The van der Waals surface area contributed by atoms with Crippen LogP contribution in [0, 0.1) is 5.82 Å². The van der Waals surface area contributed by atoms with E-state index in [0.29, 0.717) is 18.8 Å². The first-order valence-corrected chi connectivity index (χ1v) is 8.91. The van der Waals surface area contributed by atoms with Crippen LogP contribution in [0.1, 0.15) is 35.3 Å². The average Bonchev–Trinajstić information content (AvgIpc) is 3.04. The van der Waals surface area contributed by atoms with Gasteiger partial charge in [0, 0.05) is 25.4 Å². The van der Waals surface area contributed by atoms with Gasteiger partial charge in [-0.25, -0.2) is 4.39 Å². The van der Waals surface area contributed by atoms with E-state index in [-0.39, 0.29) is 24.2 Å². The molecule has 0 saturated heterocycles. The molecule has 0 radical (unpaired) electrons. The molecule has 0 fully saturated rings. The molecule has 0 saturated carbocycles. The van der Waals surface area contributed by atoms with Gasteiger partial charge >= 0.3 is 0 Å². The van der Waals surface area contributed by atoms with Gasteiger partial charge in [-0.3, -0.25) is 14.8 Å². The van der Waals surface area contributed by atoms with Crippen LogP contribution in [-0.2, 0) is 22.5 Å². The normalized spacial score (nSPS) is 13.7.